The number of hydrogen-bond donors (Lipinski definition) is 1. The van der Waals surface area contributed by atoms with Crippen molar-refractivity contribution in [1.82, 2.24) is 9.55 Å². The second kappa shape index (κ2) is 4.20. The van der Waals surface area contributed by atoms with E-state index in [1.165, 1.54) is 12.1 Å². The third-order valence-corrected chi connectivity index (χ3v) is 2.94. The highest BCUT2D eigenvalue weighted by atomic mass is 19.1. The Kier molecular flexibility index (Phi) is 2.52. The molecule has 1 amide bonds. The van der Waals surface area contributed by atoms with Gasteiger partial charge in [-0.1, -0.05) is 0 Å². The summed E-state index contributed by atoms with van der Waals surface area (Å²) in [7, 11) is 0. The highest BCUT2D eigenvalue weighted by molar-refractivity contribution is 5.93. The Morgan fingerprint density at radius 2 is 1.89 bits per heavy atom. The van der Waals surface area contributed by atoms with Gasteiger partial charge in [0.2, 0.25) is 5.91 Å². The largest absolute Gasteiger partial charge is 0.366 e. The topological polar surface area (TPSA) is 60.9 Å². The smallest absolute Gasteiger partial charge is 0.248 e. The number of nitrogens with zero attached hydrogens (tertiary/aromatic N) is 2. The molecule has 2 aromatic carbocycles. The fourth-order valence-electron chi connectivity index (χ4n) is 1.98. The molecule has 0 bridgehead atoms. The summed E-state index contributed by atoms with van der Waals surface area (Å²) in [6.07, 6.45) is 1.61. The van der Waals surface area contributed by atoms with E-state index in [4.69, 9.17) is 5.73 Å². The van der Waals surface area contributed by atoms with Gasteiger partial charge in [-0.3, -0.25) is 9.36 Å². The Bertz CT molecular complexity index is 762. The number of primary amides is 1. The van der Waals surface area contributed by atoms with Crippen molar-refractivity contribution >= 4 is 16.9 Å². The minimum absolute atomic E-state index is 0.318. The van der Waals surface area contributed by atoms with Gasteiger partial charge in [0.1, 0.15) is 12.1 Å². The van der Waals surface area contributed by atoms with Crippen molar-refractivity contribution in [2.75, 3.05) is 0 Å². The maximum Gasteiger partial charge on any atom is 0.248 e. The van der Waals surface area contributed by atoms with E-state index in [9.17, 15) is 9.18 Å². The van der Waals surface area contributed by atoms with Crippen molar-refractivity contribution in [3.8, 4) is 5.69 Å². The highest BCUT2D eigenvalue weighted by Gasteiger charge is 2.06. The summed E-state index contributed by atoms with van der Waals surface area (Å²) >= 11 is 0. The molecule has 0 spiro atoms. The Labute approximate surface area is 108 Å². The molecule has 0 aliphatic heterocycles. The third-order valence-electron chi connectivity index (χ3n) is 2.94. The lowest BCUT2D eigenvalue weighted by atomic mass is 10.2. The van der Waals surface area contributed by atoms with Crippen molar-refractivity contribution in [3.63, 3.8) is 0 Å². The summed E-state index contributed by atoms with van der Waals surface area (Å²) in [6.45, 7) is 0. The standard InChI is InChI=1S/C14H10FN3O/c15-10-3-6-13-12(7-10)17-8-18(13)11-4-1-9(2-5-11)14(16)19/h1-8H,(H2,16,19). The first kappa shape index (κ1) is 11.4. The minimum atomic E-state index is -0.468. The summed E-state index contributed by atoms with van der Waals surface area (Å²) in [5, 5.41) is 0. The molecule has 2 N–H and O–H groups in total. The quantitative estimate of drug-likeness (QED) is 0.763. The second-order valence-electron chi connectivity index (χ2n) is 4.16. The SMILES string of the molecule is NC(=O)c1ccc(-n2cnc3cc(F)ccc32)cc1. The molecule has 0 aliphatic rings. The van der Waals surface area contributed by atoms with Crippen LogP contribution in [0.4, 0.5) is 4.39 Å². The van der Waals surface area contributed by atoms with Crippen LogP contribution in [0.15, 0.2) is 48.8 Å². The van der Waals surface area contributed by atoms with E-state index in [0.717, 1.165) is 11.2 Å². The molecule has 1 aromatic heterocycles. The van der Waals surface area contributed by atoms with Gasteiger partial charge in [-0.25, -0.2) is 9.37 Å². The van der Waals surface area contributed by atoms with Crippen LogP contribution in [-0.4, -0.2) is 15.5 Å². The molecule has 0 fully saturated rings. The molecule has 5 heteroatoms. The average Bonchev–Trinajstić information content (AvgIpc) is 2.81. The van der Waals surface area contributed by atoms with Gasteiger partial charge < -0.3 is 5.73 Å². The van der Waals surface area contributed by atoms with Crippen LogP contribution in [0.25, 0.3) is 16.7 Å². The van der Waals surface area contributed by atoms with E-state index >= 15 is 0 Å². The fourth-order valence-corrected chi connectivity index (χ4v) is 1.98. The molecule has 19 heavy (non-hydrogen) atoms. The van der Waals surface area contributed by atoms with Crippen LogP contribution in [0.5, 0.6) is 0 Å². The summed E-state index contributed by atoms with van der Waals surface area (Å²) < 4.78 is 14.9. The summed E-state index contributed by atoms with van der Waals surface area (Å²) in [5.74, 6) is -0.786. The van der Waals surface area contributed by atoms with Gasteiger partial charge in [0, 0.05) is 17.3 Å². The summed E-state index contributed by atoms with van der Waals surface area (Å²) in [6, 6.07) is 11.3. The zero-order valence-electron chi connectivity index (χ0n) is 9.88. The number of carbonyl (C=O) groups excluding carboxylic acids is 1. The molecule has 3 aromatic rings. The monoisotopic (exact) mass is 255 g/mol. The van der Waals surface area contributed by atoms with Gasteiger partial charge >= 0.3 is 0 Å². The number of benzene rings is 2. The lowest BCUT2D eigenvalue weighted by Crippen LogP contribution is -2.10. The maximum atomic E-state index is 13.1. The van der Waals surface area contributed by atoms with E-state index in [1.807, 2.05) is 4.57 Å². The molecule has 1 heterocycles. The molecule has 3 rings (SSSR count). The number of nitrogens with two attached hydrogens (primary N) is 1. The van der Waals surface area contributed by atoms with E-state index in [0.29, 0.717) is 11.1 Å². The van der Waals surface area contributed by atoms with E-state index < -0.39 is 5.91 Å². The Balaban J connectivity index is 2.11. The Morgan fingerprint density at radius 1 is 1.16 bits per heavy atom. The number of imidazole rings is 1. The number of fused-ring (bicyclic) bond motifs is 1. The first-order chi connectivity index (χ1) is 9.15. The van der Waals surface area contributed by atoms with Gasteiger partial charge in [-0.2, -0.15) is 0 Å². The van der Waals surface area contributed by atoms with E-state index in [2.05, 4.69) is 4.98 Å². The Morgan fingerprint density at radius 3 is 2.58 bits per heavy atom. The Hall–Kier alpha value is -2.69. The number of carbonyl (C=O) groups is 1. The molecule has 0 saturated carbocycles. The van der Waals surface area contributed by atoms with Crippen molar-refractivity contribution in [1.29, 1.82) is 0 Å². The molecule has 0 radical (unpaired) electrons. The van der Waals surface area contributed by atoms with Crippen LogP contribution in [0.2, 0.25) is 0 Å². The second-order valence-corrected chi connectivity index (χ2v) is 4.16. The van der Waals surface area contributed by atoms with Crippen LogP contribution in [0, 0.1) is 5.82 Å². The summed E-state index contributed by atoms with van der Waals surface area (Å²) in [5.41, 5.74) is 7.85. The van der Waals surface area contributed by atoms with Gasteiger partial charge in [0.15, 0.2) is 0 Å². The molecular weight excluding hydrogens is 245 g/mol. The number of halogens is 1. The molecule has 0 unspecified atom stereocenters. The average molecular weight is 255 g/mol. The van der Waals surface area contributed by atoms with Crippen LogP contribution >= 0.6 is 0 Å². The summed E-state index contributed by atoms with van der Waals surface area (Å²) in [4.78, 5) is 15.2. The predicted octanol–water partition coefficient (Wildman–Crippen LogP) is 2.26. The van der Waals surface area contributed by atoms with Gasteiger partial charge in [0.05, 0.1) is 11.0 Å². The predicted molar refractivity (Wildman–Crippen MR) is 69.5 cm³/mol. The fraction of sp³-hybridized carbons (Fsp3) is 0. The normalized spacial score (nSPS) is 10.8. The molecular formula is C14H10FN3O. The number of amides is 1. The van der Waals surface area contributed by atoms with Gasteiger partial charge in [-0.15, -0.1) is 0 Å². The zero-order valence-corrected chi connectivity index (χ0v) is 9.88. The maximum absolute atomic E-state index is 13.1. The van der Waals surface area contributed by atoms with Gasteiger partial charge in [-0.05, 0) is 36.4 Å². The molecule has 94 valence electrons. The van der Waals surface area contributed by atoms with Crippen LogP contribution in [0.3, 0.4) is 0 Å². The lowest BCUT2D eigenvalue weighted by molar-refractivity contribution is 0.100. The molecule has 4 nitrogen and oxygen atoms in total. The number of rotatable bonds is 2. The van der Waals surface area contributed by atoms with Crippen molar-refractivity contribution in [2.24, 2.45) is 5.73 Å². The first-order valence-electron chi connectivity index (χ1n) is 5.68. The van der Waals surface area contributed by atoms with Crippen molar-refractivity contribution < 1.29 is 9.18 Å². The molecule has 0 aliphatic carbocycles. The molecule has 0 saturated heterocycles. The third kappa shape index (κ3) is 1.95. The first-order valence-corrected chi connectivity index (χ1v) is 5.68. The van der Waals surface area contributed by atoms with E-state index in [-0.39, 0.29) is 5.82 Å². The van der Waals surface area contributed by atoms with Crippen LogP contribution in [-0.2, 0) is 0 Å². The number of aromatic nitrogens is 2. The van der Waals surface area contributed by atoms with Gasteiger partial charge in [0.25, 0.3) is 0 Å². The molecule has 0 atom stereocenters. The lowest BCUT2D eigenvalue weighted by Gasteiger charge is -2.04. The zero-order chi connectivity index (χ0) is 13.4. The van der Waals surface area contributed by atoms with Crippen LogP contribution < -0.4 is 5.73 Å². The number of hydrogen-bond acceptors (Lipinski definition) is 2. The van der Waals surface area contributed by atoms with Crippen molar-refractivity contribution in [3.05, 3.63) is 60.2 Å². The van der Waals surface area contributed by atoms with Crippen molar-refractivity contribution in [2.45, 2.75) is 0 Å². The minimum Gasteiger partial charge on any atom is -0.366 e. The highest BCUT2D eigenvalue weighted by Crippen LogP contribution is 2.19. The van der Waals surface area contributed by atoms with Crippen LogP contribution in [0.1, 0.15) is 10.4 Å². The van der Waals surface area contributed by atoms with E-state index in [1.54, 1.807) is 36.7 Å².